The molecule has 0 bridgehead atoms. The second-order valence-electron chi connectivity index (χ2n) is 7.21. The summed E-state index contributed by atoms with van der Waals surface area (Å²) >= 11 is 0. The number of hydrogen-bond acceptors (Lipinski definition) is 3. The van der Waals surface area contributed by atoms with Gasteiger partial charge >= 0.3 is 0 Å². The highest BCUT2D eigenvalue weighted by atomic mass is 16.5. The Morgan fingerprint density at radius 3 is 1.71 bits per heavy atom. The van der Waals surface area contributed by atoms with E-state index in [1.165, 1.54) is 70.6 Å². The number of aliphatic hydroxyl groups is 2. The van der Waals surface area contributed by atoms with Gasteiger partial charge in [0.05, 0.1) is 6.04 Å². The van der Waals surface area contributed by atoms with Crippen LogP contribution in [-0.4, -0.2) is 22.0 Å². The number of hydrogen-bond donors (Lipinski definition) is 3. The van der Waals surface area contributed by atoms with Gasteiger partial charge in [-0.1, -0.05) is 83.8 Å². The van der Waals surface area contributed by atoms with Crippen LogP contribution in [0.2, 0.25) is 0 Å². The highest BCUT2D eigenvalue weighted by molar-refractivity contribution is 4.81. The van der Waals surface area contributed by atoms with Gasteiger partial charge in [0.1, 0.15) is 0 Å². The molecule has 0 rings (SSSR count). The molecule has 0 radical (unpaired) electrons. The monoisotopic (exact) mass is 341 g/mol. The van der Waals surface area contributed by atoms with E-state index in [0.717, 1.165) is 12.8 Å². The molecule has 1 atom stereocenters. The Bertz CT molecular complexity index is 290. The van der Waals surface area contributed by atoms with Crippen molar-refractivity contribution in [2.45, 2.75) is 122 Å². The molecule has 0 aliphatic rings. The Hall–Kier alpha value is -0.380. The minimum Gasteiger partial charge on any atom is -0.364 e. The summed E-state index contributed by atoms with van der Waals surface area (Å²) in [5.74, 6) is -1.69. The molecule has 0 aromatic carbocycles. The van der Waals surface area contributed by atoms with Crippen molar-refractivity contribution in [3.63, 3.8) is 0 Å². The van der Waals surface area contributed by atoms with Gasteiger partial charge in [0.25, 0.3) is 0 Å². The first kappa shape index (κ1) is 23.6. The molecule has 0 fully saturated rings. The molecule has 3 heteroatoms. The zero-order valence-corrected chi connectivity index (χ0v) is 16.3. The summed E-state index contributed by atoms with van der Waals surface area (Å²) in [7, 11) is 0. The molecular weight excluding hydrogens is 298 g/mol. The van der Waals surface area contributed by atoms with Crippen LogP contribution in [0.15, 0.2) is 12.2 Å². The molecule has 144 valence electrons. The zero-order valence-electron chi connectivity index (χ0n) is 16.3. The molecular formula is C21H43NO2. The molecule has 4 N–H and O–H groups in total. The standard InChI is InChI=1S/C21H43NO2/c1-3-5-6-7-8-9-10-11-12-13-14-15-16-17-18-19-20(22)21(23,24)4-2/h11-12,20,23-24H,3-10,13-19,22H2,1-2H3/b12-11-. The van der Waals surface area contributed by atoms with E-state index in [4.69, 9.17) is 5.73 Å². The molecule has 0 saturated carbocycles. The molecule has 0 aromatic heterocycles. The summed E-state index contributed by atoms with van der Waals surface area (Å²) in [5.41, 5.74) is 5.81. The number of nitrogens with two attached hydrogens (primary N) is 1. The van der Waals surface area contributed by atoms with E-state index in [1.54, 1.807) is 6.92 Å². The summed E-state index contributed by atoms with van der Waals surface area (Å²) < 4.78 is 0. The van der Waals surface area contributed by atoms with Crippen LogP contribution in [-0.2, 0) is 0 Å². The SMILES string of the molecule is CCCCCCCC/C=C\CCCCCCCC(N)C(O)(O)CC. The van der Waals surface area contributed by atoms with Crippen LogP contribution in [0.25, 0.3) is 0 Å². The molecule has 3 nitrogen and oxygen atoms in total. The Labute approximate surface area is 150 Å². The maximum Gasteiger partial charge on any atom is 0.177 e. The maximum atomic E-state index is 9.63. The van der Waals surface area contributed by atoms with Crippen molar-refractivity contribution in [3.05, 3.63) is 12.2 Å². The fraction of sp³-hybridized carbons (Fsp3) is 0.905. The van der Waals surface area contributed by atoms with Gasteiger partial charge in [0.2, 0.25) is 0 Å². The van der Waals surface area contributed by atoms with Crippen LogP contribution < -0.4 is 5.73 Å². The lowest BCUT2D eigenvalue weighted by molar-refractivity contribution is -0.179. The largest absolute Gasteiger partial charge is 0.364 e. The van der Waals surface area contributed by atoms with Gasteiger partial charge in [-0.2, -0.15) is 0 Å². The second kappa shape index (κ2) is 16.1. The average Bonchev–Trinajstić information content (AvgIpc) is 2.58. The Kier molecular flexibility index (Phi) is 15.9. The van der Waals surface area contributed by atoms with Crippen molar-refractivity contribution < 1.29 is 10.2 Å². The quantitative estimate of drug-likeness (QED) is 0.187. The minimum atomic E-state index is -1.69. The van der Waals surface area contributed by atoms with Crippen molar-refractivity contribution in [2.75, 3.05) is 0 Å². The van der Waals surface area contributed by atoms with Gasteiger partial charge < -0.3 is 15.9 Å². The van der Waals surface area contributed by atoms with Gasteiger partial charge in [-0.15, -0.1) is 0 Å². The summed E-state index contributed by atoms with van der Waals surface area (Å²) in [6.07, 6.45) is 22.2. The van der Waals surface area contributed by atoms with Crippen LogP contribution in [0.3, 0.4) is 0 Å². The minimum absolute atomic E-state index is 0.291. The average molecular weight is 342 g/mol. The molecule has 0 saturated heterocycles. The molecule has 0 amide bonds. The molecule has 0 aromatic rings. The Morgan fingerprint density at radius 1 is 0.750 bits per heavy atom. The lowest BCUT2D eigenvalue weighted by Gasteiger charge is -2.27. The summed E-state index contributed by atoms with van der Waals surface area (Å²) in [4.78, 5) is 0. The van der Waals surface area contributed by atoms with Crippen LogP contribution in [0.4, 0.5) is 0 Å². The zero-order chi connectivity index (χ0) is 18.1. The first-order chi connectivity index (χ1) is 11.5. The lowest BCUT2D eigenvalue weighted by atomic mass is 9.98. The molecule has 0 aliphatic carbocycles. The van der Waals surface area contributed by atoms with E-state index in [0.29, 0.717) is 12.8 Å². The first-order valence-corrected chi connectivity index (χ1v) is 10.4. The van der Waals surface area contributed by atoms with E-state index < -0.39 is 11.8 Å². The van der Waals surface area contributed by atoms with Gasteiger partial charge in [-0.25, -0.2) is 0 Å². The molecule has 0 spiro atoms. The third kappa shape index (κ3) is 14.0. The van der Waals surface area contributed by atoms with E-state index in [-0.39, 0.29) is 0 Å². The normalized spacial score (nSPS) is 13.7. The molecule has 0 aliphatic heterocycles. The second-order valence-corrected chi connectivity index (χ2v) is 7.21. The van der Waals surface area contributed by atoms with Gasteiger partial charge in [-0.3, -0.25) is 0 Å². The van der Waals surface area contributed by atoms with Crippen molar-refractivity contribution in [1.82, 2.24) is 0 Å². The number of unbranched alkanes of at least 4 members (excludes halogenated alkanes) is 11. The summed E-state index contributed by atoms with van der Waals surface area (Å²) in [5, 5.41) is 19.3. The third-order valence-corrected chi connectivity index (χ3v) is 4.89. The van der Waals surface area contributed by atoms with E-state index in [2.05, 4.69) is 19.1 Å². The molecule has 0 heterocycles. The molecule has 24 heavy (non-hydrogen) atoms. The highest BCUT2D eigenvalue weighted by Gasteiger charge is 2.28. The van der Waals surface area contributed by atoms with Crippen molar-refractivity contribution in [3.8, 4) is 0 Å². The van der Waals surface area contributed by atoms with Crippen LogP contribution in [0.5, 0.6) is 0 Å². The summed E-state index contributed by atoms with van der Waals surface area (Å²) in [6, 6.07) is -0.521. The topological polar surface area (TPSA) is 66.5 Å². The van der Waals surface area contributed by atoms with Gasteiger partial charge in [-0.05, 0) is 38.5 Å². The van der Waals surface area contributed by atoms with Crippen molar-refractivity contribution in [2.24, 2.45) is 5.73 Å². The summed E-state index contributed by atoms with van der Waals surface area (Å²) in [6.45, 7) is 4.01. The maximum absolute atomic E-state index is 9.63. The highest BCUT2D eigenvalue weighted by Crippen LogP contribution is 2.16. The lowest BCUT2D eigenvalue weighted by Crippen LogP contribution is -2.47. The van der Waals surface area contributed by atoms with Crippen molar-refractivity contribution in [1.29, 1.82) is 0 Å². The van der Waals surface area contributed by atoms with Gasteiger partial charge in [0, 0.05) is 0 Å². The Morgan fingerprint density at radius 2 is 1.21 bits per heavy atom. The van der Waals surface area contributed by atoms with Crippen molar-refractivity contribution >= 4 is 0 Å². The fourth-order valence-electron chi connectivity index (χ4n) is 2.93. The first-order valence-electron chi connectivity index (χ1n) is 10.4. The predicted molar refractivity (Wildman–Crippen MR) is 105 cm³/mol. The smallest absolute Gasteiger partial charge is 0.177 e. The Balaban J connectivity index is 3.29. The fourth-order valence-corrected chi connectivity index (χ4v) is 2.93. The third-order valence-electron chi connectivity index (χ3n) is 4.89. The van der Waals surface area contributed by atoms with Crippen LogP contribution in [0, 0.1) is 0 Å². The van der Waals surface area contributed by atoms with Gasteiger partial charge in [0.15, 0.2) is 5.79 Å². The van der Waals surface area contributed by atoms with E-state index >= 15 is 0 Å². The van der Waals surface area contributed by atoms with E-state index in [1.807, 2.05) is 0 Å². The predicted octanol–water partition coefficient (Wildman–Crippen LogP) is 5.44. The number of allylic oxidation sites excluding steroid dienone is 2. The van der Waals surface area contributed by atoms with Crippen LogP contribution in [0.1, 0.15) is 110 Å². The van der Waals surface area contributed by atoms with E-state index in [9.17, 15) is 10.2 Å². The molecule has 1 unspecified atom stereocenters. The van der Waals surface area contributed by atoms with Crippen LogP contribution >= 0.6 is 0 Å². The number of rotatable bonds is 17.